The van der Waals surface area contributed by atoms with E-state index in [2.05, 4.69) is 10.1 Å². The summed E-state index contributed by atoms with van der Waals surface area (Å²) in [5.74, 6) is 0.820. The lowest BCUT2D eigenvalue weighted by Crippen LogP contribution is -1.91. The molecule has 0 aliphatic heterocycles. The highest BCUT2D eigenvalue weighted by atomic mass is 19.1. The molecule has 5 nitrogen and oxygen atoms in total. The molecule has 0 aliphatic rings. The highest BCUT2D eigenvalue weighted by Crippen LogP contribution is 2.28. The largest absolute Gasteiger partial charge is 0.469 e. The van der Waals surface area contributed by atoms with Crippen LogP contribution < -0.4 is 5.73 Å². The second-order valence-corrected chi connectivity index (χ2v) is 4.05. The van der Waals surface area contributed by atoms with E-state index in [1.54, 1.807) is 13.0 Å². The van der Waals surface area contributed by atoms with Crippen LogP contribution in [0.15, 0.2) is 39.5 Å². The molecule has 0 radical (unpaired) electrons. The number of hydrogen-bond acceptors (Lipinski definition) is 5. The predicted molar refractivity (Wildman–Crippen MR) is 66.5 cm³/mol. The summed E-state index contributed by atoms with van der Waals surface area (Å²) in [6.45, 7) is 1.79. The SMILES string of the molecule is Cc1occc1-c1noc(-c2cc(F)ccc2N)n1. The topological polar surface area (TPSA) is 78.1 Å². The number of nitrogen functional groups attached to an aromatic ring is 1. The van der Waals surface area contributed by atoms with E-state index in [9.17, 15) is 4.39 Å². The smallest absolute Gasteiger partial charge is 0.260 e. The fourth-order valence-electron chi connectivity index (χ4n) is 1.77. The van der Waals surface area contributed by atoms with Gasteiger partial charge in [0.1, 0.15) is 11.6 Å². The van der Waals surface area contributed by atoms with Gasteiger partial charge in [0.15, 0.2) is 0 Å². The first-order chi connectivity index (χ1) is 9.15. The summed E-state index contributed by atoms with van der Waals surface area (Å²) in [7, 11) is 0. The lowest BCUT2D eigenvalue weighted by Gasteiger charge is -1.99. The molecule has 3 aromatic rings. The quantitative estimate of drug-likeness (QED) is 0.715. The molecular formula is C13H10FN3O2. The van der Waals surface area contributed by atoms with Gasteiger partial charge in [0.05, 0.1) is 17.4 Å². The van der Waals surface area contributed by atoms with Crippen molar-refractivity contribution in [1.29, 1.82) is 0 Å². The molecule has 1 aromatic carbocycles. The van der Waals surface area contributed by atoms with Crippen LogP contribution in [0.2, 0.25) is 0 Å². The first kappa shape index (κ1) is 11.5. The van der Waals surface area contributed by atoms with E-state index >= 15 is 0 Å². The standard InChI is InChI=1S/C13H10FN3O2/c1-7-9(4-5-18-7)12-16-13(19-17-12)10-6-8(14)2-3-11(10)15/h2-6H,15H2,1H3. The zero-order valence-electron chi connectivity index (χ0n) is 10.1. The third-order valence-corrected chi connectivity index (χ3v) is 2.77. The maximum atomic E-state index is 13.2. The van der Waals surface area contributed by atoms with Gasteiger partial charge in [0, 0.05) is 5.69 Å². The molecule has 0 bridgehead atoms. The zero-order valence-corrected chi connectivity index (χ0v) is 10.1. The van der Waals surface area contributed by atoms with E-state index in [0.29, 0.717) is 22.8 Å². The van der Waals surface area contributed by atoms with Gasteiger partial charge in [0.2, 0.25) is 5.82 Å². The van der Waals surface area contributed by atoms with Crippen molar-refractivity contribution in [3.8, 4) is 22.8 Å². The van der Waals surface area contributed by atoms with Gasteiger partial charge in [-0.3, -0.25) is 0 Å². The summed E-state index contributed by atoms with van der Waals surface area (Å²) in [5, 5.41) is 3.84. The molecule has 2 aromatic heterocycles. The normalized spacial score (nSPS) is 10.8. The van der Waals surface area contributed by atoms with Gasteiger partial charge in [-0.1, -0.05) is 5.16 Å². The van der Waals surface area contributed by atoms with Gasteiger partial charge < -0.3 is 14.7 Å². The van der Waals surface area contributed by atoms with E-state index < -0.39 is 5.82 Å². The van der Waals surface area contributed by atoms with Crippen molar-refractivity contribution in [2.24, 2.45) is 0 Å². The number of anilines is 1. The minimum Gasteiger partial charge on any atom is -0.469 e. The number of furan rings is 1. The highest BCUT2D eigenvalue weighted by molar-refractivity contribution is 5.71. The molecule has 0 saturated carbocycles. The van der Waals surface area contributed by atoms with Gasteiger partial charge in [-0.15, -0.1) is 0 Å². The number of halogens is 1. The molecule has 0 atom stereocenters. The summed E-state index contributed by atoms with van der Waals surface area (Å²) < 4.78 is 23.5. The first-order valence-corrected chi connectivity index (χ1v) is 5.59. The Bertz CT molecular complexity index is 733. The minimum absolute atomic E-state index is 0.174. The van der Waals surface area contributed by atoms with Crippen LogP contribution in [0.3, 0.4) is 0 Å². The number of benzene rings is 1. The molecule has 96 valence electrons. The van der Waals surface area contributed by atoms with Crippen LogP contribution in [0, 0.1) is 12.7 Å². The Morgan fingerprint density at radius 3 is 2.79 bits per heavy atom. The number of rotatable bonds is 2. The van der Waals surface area contributed by atoms with Crippen molar-refractivity contribution in [1.82, 2.24) is 10.1 Å². The number of hydrogen-bond donors (Lipinski definition) is 1. The molecule has 19 heavy (non-hydrogen) atoms. The Kier molecular flexibility index (Phi) is 2.56. The maximum absolute atomic E-state index is 13.2. The van der Waals surface area contributed by atoms with Crippen molar-refractivity contribution < 1.29 is 13.3 Å². The second kappa shape index (κ2) is 4.24. The molecule has 0 amide bonds. The van der Waals surface area contributed by atoms with E-state index in [4.69, 9.17) is 14.7 Å². The fourth-order valence-corrected chi connectivity index (χ4v) is 1.77. The molecular weight excluding hydrogens is 249 g/mol. The average molecular weight is 259 g/mol. The van der Waals surface area contributed by atoms with Crippen LogP contribution in [0.5, 0.6) is 0 Å². The van der Waals surface area contributed by atoms with Crippen molar-refractivity contribution in [3.05, 3.63) is 42.1 Å². The molecule has 0 aliphatic carbocycles. The number of nitrogens with zero attached hydrogens (tertiary/aromatic N) is 2. The average Bonchev–Trinajstić information content (AvgIpc) is 3.00. The molecule has 2 N–H and O–H groups in total. The molecule has 3 rings (SSSR count). The van der Waals surface area contributed by atoms with Gasteiger partial charge in [-0.05, 0) is 31.2 Å². The molecule has 6 heteroatoms. The van der Waals surface area contributed by atoms with Gasteiger partial charge in [-0.25, -0.2) is 4.39 Å². The summed E-state index contributed by atoms with van der Waals surface area (Å²) in [6.07, 6.45) is 1.54. The van der Waals surface area contributed by atoms with Crippen molar-refractivity contribution in [2.75, 3.05) is 5.73 Å². The third-order valence-electron chi connectivity index (χ3n) is 2.77. The zero-order chi connectivity index (χ0) is 13.4. The Morgan fingerprint density at radius 1 is 1.21 bits per heavy atom. The number of aromatic nitrogens is 2. The molecule has 0 spiro atoms. The van der Waals surface area contributed by atoms with Crippen molar-refractivity contribution >= 4 is 5.69 Å². The highest BCUT2D eigenvalue weighted by Gasteiger charge is 2.16. The number of nitrogens with two attached hydrogens (primary N) is 1. The Labute approximate surface area is 107 Å². The molecule has 0 saturated heterocycles. The van der Waals surface area contributed by atoms with E-state index in [1.807, 2.05) is 0 Å². The van der Waals surface area contributed by atoms with Crippen molar-refractivity contribution in [2.45, 2.75) is 6.92 Å². The van der Waals surface area contributed by atoms with Crippen LogP contribution >= 0.6 is 0 Å². The molecule has 0 unspecified atom stereocenters. The molecule has 2 heterocycles. The van der Waals surface area contributed by atoms with Gasteiger partial charge >= 0.3 is 0 Å². The van der Waals surface area contributed by atoms with Gasteiger partial charge in [0.25, 0.3) is 5.89 Å². The Morgan fingerprint density at radius 2 is 2.05 bits per heavy atom. The summed E-state index contributed by atoms with van der Waals surface area (Å²) >= 11 is 0. The monoisotopic (exact) mass is 259 g/mol. The lowest BCUT2D eigenvalue weighted by atomic mass is 10.2. The van der Waals surface area contributed by atoms with Crippen molar-refractivity contribution in [3.63, 3.8) is 0 Å². The lowest BCUT2D eigenvalue weighted by molar-refractivity contribution is 0.432. The van der Waals surface area contributed by atoms with Crippen LogP contribution in [-0.4, -0.2) is 10.1 Å². The summed E-state index contributed by atoms with van der Waals surface area (Å²) in [5.41, 5.74) is 7.24. The van der Waals surface area contributed by atoms with Gasteiger partial charge in [-0.2, -0.15) is 4.98 Å². The fraction of sp³-hybridized carbons (Fsp3) is 0.0769. The summed E-state index contributed by atoms with van der Waals surface area (Å²) in [6, 6.07) is 5.72. The van der Waals surface area contributed by atoms with Crippen LogP contribution in [0.25, 0.3) is 22.8 Å². The van der Waals surface area contributed by atoms with Crippen LogP contribution in [-0.2, 0) is 0 Å². The van der Waals surface area contributed by atoms with E-state index in [-0.39, 0.29) is 5.89 Å². The minimum atomic E-state index is -0.413. The van der Waals surface area contributed by atoms with Crippen LogP contribution in [0.1, 0.15) is 5.76 Å². The third kappa shape index (κ3) is 1.97. The van der Waals surface area contributed by atoms with Crippen LogP contribution in [0.4, 0.5) is 10.1 Å². The number of aryl methyl sites for hydroxylation is 1. The van der Waals surface area contributed by atoms with E-state index in [0.717, 1.165) is 5.56 Å². The maximum Gasteiger partial charge on any atom is 0.260 e. The Hall–Kier alpha value is -2.63. The Balaban J connectivity index is 2.06. The predicted octanol–water partition coefficient (Wildman–Crippen LogP) is 3.03. The molecule has 0 fully saturated rings. The summed E-state index contributed by atoms with van der Waals surface area (Å²) in [4.78, 5) is 4.20. The second-order valence-electron chi connectivity index (χ2n) is 4.05. The van der Waals surface area contributed by atoms with E-state index in [1.165, 1.54) is 24.5 Å². The first-order valence-electron chi connectivity index (χ1n) is 5.59.